The summed E-state index contributed by atoms with van der Waals surface area (Å²) in [6.07, 6.45) is 5.99. The van der Waals surface area contributed by atoms with E-state index >= 15 is 0 Å². The highest BCUT2D eigenvalue weighted by molar-refractivity contribution is 5.28. The molecule has 0 amide bonds. The largest absolute Gasteiger partial charge is 0.377 e. The van der Waals surface area contributed by atoms with Gasteiger partial charge in [-0.15, -0.1) is 0 Å². The highest BCUT2D eigenvalue weighted by Crippen LogP contribution is 2.34. The van der Waals surface area contributed by atoms with Crippen molar-refractivity contribution in [2.45, 2.75) is 11.3 Å². The van der Waals surface area contributed by atoms with E-state index in [1.807, 2.05) is 0 Å². The standard InChI is InChI=1S/C9H12NO4/c1-8(13-2)6-4-5-7-9(8,14-3)10(11)12/h4-7H,1H2,2-3H3. The third-order valence-electron chi connectivity index (χ3n) is 2.35. The lowest BCUT2D eigenvalue weighted by Gasteiger charge is -2.36. The molecule has 0 aromatic carbocycles. The molecule has 0 saturated heterocycles. The second-order valence-corrected chi connectivity index (χ2v) is 2.97. The van der Waals surface area contributed by atoms with Gasteiger partial charge in [0.1, 0.15) is 0 Å². The Hall–Kier alpha value is -1.20. The number of rotatable bonds is 3. The van der Waals surface area contributed by atoms with Gasteiger partial charge in [0.05, 0.1) is 4.92 Å². The highest BCUT2D eigenvalue weighted by atomic mass is 16.7. The van der Waals surface area contributed by atoms with Gasteiger partial charge in [0.25, 0.3) is 0 Å². The van der Waals surface area contributed by atoms with Gasteiger partial charge in [-0.25, -0.2) is 0 Å². The van der Waals surface area contributed by atoms with Crippen LogP contribution >= 0.6 is 0 Å². The van der Waals surface area contributed by atoms with Crippen LogP contribution in [-0.2, 0) is 9.47 Å². The lowest BCUT2D eigenvalue weighted by molar-refractivity contribution is -0.629. The van der Waals surface area contributed by atoms with Crippen LogP contribution in [0.1, 0.15) is 0 Å². The fourth-order valence-electron chi connectivity index (χ4n) is 1.40. The van der Waals surface area contributed by atoms with Crippen molar-refractivity contribution in [3.63, 3.8) is 0 Å². The molecular weight excluding hydrogens is 186 g/mol. The second kappa shape index (κ2) is 3.51. The number of methoxy groups -OCH3 is 2. The van der Waals surface area contributed by atoms with Crippen molar-refractivity contribution in [3.05, 3.63) is 41.3 Å². The molecule has 0 aromatic rings. The number of nitro groups is 1. The fraction of sp³-hybridized carbons (Fsp3) is 0.444. The van der Waals surface area contributed by atoms with Gasteiger partial charge in [0.2, 0.25) is 0 Å². The van der Waals surface area contributed by atoms with Crippen LogP contribution in [0.25, 0.3) is 0 Å². The van der Waals surface area contributed by atoms with E-state index in [1.54, 1.807) is 6.08 Å². The summed E-state index contributed by atoms with van der Waals surface area (Å²) in [5, 5.41) is 11.0. The predicted molar refractivity (Wildman–Crippen MR) is 50.1 cm³/mol. The average molecular weight is 198 g/mol. The normalized spacial score (nSPS) is 35.9. The molecule has 1 rings (SSSR count). The first kappa shape index (κ1) is 10.9. The van der Waals surface area contributed by atoms with Crippen molar-refractivity contribution < 1.29 is 14.4 Å². The smallest absolute Gasteiger partial charge is 0.364 e. The SMILES string of the molecule is [CH2]C1(OC)C=CC=CC1(OC)[N+](=O)[O-]. The Balaban J connectivity index is 3.22. The number of hydrogen-bond acceptors (Lipinski definition) is 4. The quantitative estimate of drug-likeness (QED) is 0.385. The first-order chi connectivity index (χ1) is 6.52. The number of nitrogens with zero attached hydrogens (tertiary/aromatic N) is 1. The zero-order valence-electron chi connectivity index (χ0n) is 8.10. The van der Waals surface area contributed by atoms with Gasteiger partial charge < -0.3 is 9.47 Å². The van der Waals surface area contributed by atoms with E-state index in [4.69, 9.17) is 9.47 Å². The molecule has 77 valence electrons. The van der Waals surface area contributed by atoms with Crippen molar-refractivity contribution in [1.29, 1.82) is 0 Å². The maximum atomic E-state index is 11.0. The van der Waals surface area contributed by atoms with Crippen molar-refractivity contribution >= 4 is 0 Å². The minimum absolute atomic E-state index is 0.552. The molecular formula is C9H12NO4. The summed E-state index contributed by atoms with van der Waals surface area (Å²) < 4.78 is 9.95. The van der Waals surface area contributed by atoms with E-state index in [9.17, 15) is 10.1 Å². The Morgan fingerprint density at radius 1 is 1.29 bits per heavy atom. The van der Waals surface area contributed by atoms with E-state index in [1.165, 1.54) is 32.4 Å². The minimum atomic E-state index is -1.75. The predicted octanol–water partition coefficient (Wildman–Crippen LogP) is 0.951. The molecule has 1 aliphatic rings. The first-order valence-corrected chi connectivity index (χ1v) is 3.99. The Morgan fingerprint density at radius 3 is 2.21 bits per heavy atom. The maximum absolute atomic E-state index is 11.0. The van der Waals surface area contributed by atoms with Crippen molar-refractivity contribution in [2.75, 3.05) is 14.2 Å². The summed E-state index contributed by atoms with van der Waals surface area (Å²) in [5.41, 5.74) is -3.09. The number of allylic oxidation sites excluding steroid dienone is 2. The molecule has 0 N–H and O–H groups in total. The Labute approximate surface area is 82.2 Å². The van der Waals surface area contributed by atoms with Gasteiger partial charge in [-0.2, -0.15) is 0 Å². The summed E-state index contributed by atoms with van der Waals surface area (Å²) in [6.45, 7) is 3.67. The first-order valence-electron chi connectivity index (χ1n) is 3.99. The monoisotopic (exact) mass is 198 g/mol. The number of hydrogen-bond donors (Lipinski definition) is 0. The fourth-order valence-corrected chi connectivity index (χ4v) is 1.40. The third kappa shape index (κ3) is 1.25. The summed E-state index contributed by atoms with van der Waals surface area (Å²) >= 11 is 0. The van der Waals surface area contributed by atoms with Crippen LogP contribution in [0, 0.1) is 17.0 Å². The lowest BCUT2D eigenvalue weighted by atomic mass is 9.88. The molecule has 0 saturated carbocycles. The van der Waals surface area contributed by atoms with Crippen LogP contribution in [0.5, 0.6) is 0 Å². The molecule has 5 heteroatoms. The van der Waals surface area contributed by atoms with Crippen LogP contribution in [0.3, 0.4) is 0 Å². The van der Waals surface area contributed by atoms with E-state index in [0.717, 1.165) is 0 Å². The van der Waals surface area contributed by atoms with Crippen molar-refractivity contribution in [1.82, 2.24) is 0 Å². The Morgan fingerprint density at radius 2 is 1.86 bits per heavy atom. The molecule has 0 fully saturated rings. The van der Waals surface area contributed by atoms with E-state index in [2.05, 4.69) is 6.92 Å². The zero-order chi connectivity index (χ0) is 10.8. The Bertz CT molecular complexity index is 299. The summed E-state index contributed by atoms with van der Waals surface area (Å²) in [4.78, 5) is 10.4. The van der Waals surface area contributed by atoms with Crippen LogP contribution in [0.4, 0.5) is 0 Å². The lowest BCUT2D eigenvalue weighted by Crippen LogP contribution is -2.58. The van der Waals surface area contributed by atoms with Gasteiger partial charge in [0.15, 0.2) is 5.60 Å². The van der Waals surface area contributed by atoms with E-state index < -0.39 is 16.2 Å². The van der Waals surface area contributed by atoms with Crippen LogP contribution in [0.2, 0.25) is 0 Å². The molecule has 0 heterocycles. The van der Waals surface area contributed by atoms with Gasteiger partial charge in [-0.1, -0.05) is 12.2 Å². The topological polar surface area (TPSA) is 61.6 Å². The highest BCUT2D eigenvalue weighted by Gasteiger charge is 2.58. The summed E-state index contributed by atoms with van der Waals surface area (Å²) in [7, 11) is 2.61. The van der Waals surface area contributed by atoms with Gasteiger partial charge in [-0.3, -0.25) is 10.1 Å². The van der Waals surface area contributed by atoms with Gasteiger partial charge >= 0.3 is 5.72 Å². The molecule has 2 unspecified atom stereocenters. The molecule has 0 bridgehead atoms. The maximum Gasteiger partial charge on any atom is 0.377 e. The number of ether oxygens (including phenoxy) is 2. The molecule has 0 spiro atoms. The van der Waals surface area contributed by atoms with Crippen LogP contribution in [0.15, 0.2) is 24.3 Å². The molecule has 5 nitrogen and oxygen atoms in total. The average Bonchev–Trinajstić information content (AvgIpc) is 2.18. The third-order valence-corrected chi connectivity index (χ3v) is 2.35. The van der Waals surface area contributed by atoms with E-state index in [-0.39, 0.29) is 0 Å². The van der Waals surface area contributed by atoms with Crippen LogP contribution in [-0.4, -0.2) is 30.5 Å². The minimum Gasteiger partial charge on any atom is -0.364 e. The van der Waals surface area contributed by atoms with Gasteiger partial charge in [0, 0.05) is 20.3 Å². The van der Waals surface area contributed by atoms with Crippen molar-refractivity contribution in [3.8, 4) is 0 Å². The molecule has 14 heavy (non-hydrogen) atoms. The Kier molecular flexibility index (Phi) is 2.73. The summed E-state index contributed by atoms with van der Waals surface area (Å²) in [5.74, 6) is 0. The molecule has 1 radical (unpaired) electrons. The molecule has 0 aromatic heterocycles. The van der Waals surface area contributed by atoms with E-state index in [0.29, 0.717) is 0 Å². The van der Waals surface area contributed by atoms with Crippen molar-refractivity contribution in [2.24, 2.45) is 0 Å². The molecule has 0 aliphatic heterocycles. The zero-order valence-corrected chi connectivity index (χ0v) is 8.10. The molecule has 1 aliphatic carbocycles. The van der Waals surface area contributed by atoms with Crippen LogP contribution < -0.4 is 0 Å². The van der Waals surface area contributed by atoms with Gasteiger partial charge in [-0.05, 0) is 13.0 Å². The molecule has 2 atom stereocenters. The summed E-state index contributed by atoms with van der Waals surface area (Å²) in [6, 6.07) is 0. The second-order valence-electron chi connectivity index (χ2n) is 2.97.